The molecule has 10 aromatic carbocycles. The van der Waals surface area contributed by atoms with Gasteiger partial charge in [0.05, 0.1) is 11.0 Å². The summed E-state index contributed by atoms with van der Waals surface area (Å²) in [5.74, 6) is 0.668. The van der Waals surface area contributed by atoms with Crippen molar-refractivity contribution in [3.63, 3.8) is 0 Å². The molecule has 0 aliphatic heterocycles. The number of para-hydroxylation sites is 2. The van der Waals surface area contributed by atoms with Crippen LogP contribution in [0.15, 0.2) is 220 Å². The van der Waals surface area contributed by atoms with E-state index in [1.807, 2.05) is 91.0 Å². The fraction of sp³-hybridized carbons (Fsp3) is 0. The van der Waals surface area contributed by atoms with Gasteiger partial charge in [0.2, 0.25) is 11.4 Å². The number of furan rings is 2. The molecule has 1 N–H and O–H groups in total. The Morgan fingerprint density at radius 3 is 1.47 bits per heavy atom. The second-order valence-electron chi connectivity index (χ2n) is 16.2. The van der Waals surface area contributed by atoms with Gasteiger partial charge in [0, 0.05) is 42.2 Å². The lowest BCUT2D eigenvalue weighted by Crippen LogP contribution is -2.00. The molecule has 0 fully saturated rings. The number of rotatable bonds is 3. The largest absolute Gasteiger partial charge is 0.569 e. The van der Waals surface area contributed by atoms with E-state index in [-0.39, 0.29) is 0 Å². The predicted octanol–water partition coefficient (Wildman–Crippen LogP) is 15.9. The summed E-state index contributed by atoms with van der Waals surface area (Å²) < 4.78 is 18.1. The number of halogens is 1. The van der Waals surface area contributed by atoms with Crippen molar-refractivity contribution in [3.05, 3.63) is 211 Å². The Morgan fingerprint density at radius 2 is 0.864 bits per heavy atom. The van der Waals surface area contributed by atoms with Gasteiger partial charge in [-0.3, -0.25) is 0 Å². The highest BCUT2D eigenvalue weighted by molar-refractivity contribution is 9.10. The van der Waals surface area contributed by atoms with Crippen LogP contribution in [0.4, 0.5) is 0 Å². The molecular formula is C58H35BBrN2O4. The molecule has 4 heterocycles. The number of benzene rings is 10. The lowest BCUT2D eigenvalue weighted by molar-refractivity contribution is 0.457. The third-order valence-corrected chi connectivity index (χ3v) is 12.8. The molecule has 0 bridgehead atoms. The van der Waals surface area contributed by atoms with Crippen LogP contribution in [0.5, 0.6) is 5.75 Å². The summed E-state index contributed by atoms with van der Waals surface area (Å²) in [5, 5.41) is 24.9. The molecule has 14 rings (SSSR count). The summed E-state index contributed by atoms with van der Waals surface area (Å²) in [6.07, 6.45) is 0. The second-order valence-corrected chi connectivity index (χ2v) is 17.1. The normalized spacial score (nSPS) is 11.5. The van der Waals surface area contributed by atoms with Crippen LogP contribution in [0.3, 0.4) is 0 Å². The van der Waals surface area contributed by atoms with Crippen LogP contribution in [0.2, 0.25) is 0 Å². The molecule has 66 heavy (non-hydrogen) atoms. The topological polar surface area (TPSA) is 81.5 Å². The van der Waals surface area contributed by atoms with E-state index >= 15 is 0 Å². The first-order valence-corrected chi connectivity index (χ1v) is 22.4. The van der Waals surface area contributed by atoms with Gasteiger partial charge in [0.1, 0.15) is 16.9 Å². The molecule has 8 heteroatoms. The monoisotopic (exact) mass is 913 g/mol. The molecular weight excluding hydrogens is 879 g/mol. The van der Waals surface area contributed by atoms with Crippen LogP contribution in [0.25, 0.3) is 120 Å². The van der Waals surface area contributed by atoms with E-state index in [2.05, 4.69) is 136 Å². The highest BCUT2D eigenvalue weighted by atomic mass is 79.9. The molecule has 4 aromatic heterocycles. The van der Waals surface area contributed by atoms with Crippen LogP contribution in [-0.4, -0.2) is 22.7 Å². The molecule has 0 saturated carbocycles. The number of fused-ring (bicyclic) bond motifs is 14. The fourth-order valence-corrected chi connectivity index (χ4v) is 9.57. The van der Waals surface area contributed by atoms with Gasteiger partial charge in [-0.2, -0.15) is 0 Å². The van der Waals surface area contributed by atoms with E-state index in [0.29, 0.717) is 17.2 Å². The zero-order chi connectivity index (χ0) is 44.1. The first-order chi connectivity index (χ1) is 32.6. The third-order valence-electron chi connectivity index (χ3n) is 12.3. The average Bonchev–Trinajstić information content (AvgIpc) is 3.91. The second kappa shape index (κ2) is 16.5. The van der Waals surface area contributed by atoms with Crippen molar-refractivity contribution >= 4 is 133 Å². The van der Waals surface area contributed by atoms with Crippen molar-refractivity contribution in [2.75, 3.05) is 0 Å². The van der Waals surface area contributed by atoms with E-state index in [9.17, 15) is 0 Å². The molecule has 0 unspecified atom stereocenters. The maximum Gasteiger partial charge on any atom is 0.569 e. The maximum atomic E-state index is 8.80. The summed E-state index contributed by atoms with van der Waals surface area (Å²) in [6, 6.07) is 70.7. The molecule has 6 nitrogen and oxygen atoms in total. The Bertz CT molecular complexity index is 4180. The number of pyridine rings is 2. The van der Waals surface area contributed by atoms with E-state index in [1.54, 1.807) is 0 Å². The molecule has 311 valence electrons. The van der Waals surface area contributed by atoms with E-state index < -0.39 is 0 Å². The molecule has 1 radical (unpaired) electrons. The Kier molecular flexibility index (Phi) is 9.89. The first-order valence-electron chi connectivity index (χ1n) is 21.6. The molecule has 0 aliphatic rings. The summed E-state index contributed by atoms with van der Waals surface area (Å²) in [5.41, 5.74) is 7.46. The molecule has 0 spiro atoms. The molecule has 0 amide bonds. The van der Waals surface area contributed by atoms with Crippen molar-refractivity contribution in [1.29, 1.82) is 0 Å². The van der Waals surface area contributed by atoms with Gasteiger partial charge in [-0.15, -0.1) is 0 Å². The van der Waals surface area contributed by atoms with Gasteiger partial charge >= 0.3 is 7.69 Å². The molecule has 0 saturated heterocycles. The number of hydrogen-bond donors (Lipinski definition) is 1. The summed E-state index contributed by atoms with van der Waals surface area (Å²) in [7, 11) is 0.719. The minimum atomic E-state index is 0.668. The van der Waals surface area contributed by atoms with Crippen molar-refractivity contribution in [3.8, 4) is 16.9 Å². The Balaban J connectivity index is 0.000000111. The van der Waals surface area contributed by atoms with Gasteiger partial charge < -0.3 is 18.5 Å². The van der Waals surface area contributed by atoms with Crippen LogP contribution in [0, 0.1) is 0 Å². The number of aromatic nitrogens is 2. The van der Waals surface area contributed by atoms with Crippen LogP contribution < -0.4 is 4.65 Å². The minimum Gasteiger partial charge on any atom is -0.537 e. The van der Waals surface area contributed by atoms with Gasteiger partial charge in [-0.25, -0.2) is 9.97 Å². The van der Waals surface area contributed by atoms with Gasteiger partial charge in [0.25, 0.3) is 0 Å². The smallest absolute Gasteiger partial charge is 0.537 e. The number of hydrogen-bond acceptors (Lipinski definition) is 6. The average molecular weight is 915 g/mol. The molecule has 0 atom stereocenters. The first kappa shape index (κ1) is 39.5. The lowest BCUT2D eigenvalue weighted by atomic mass is 9.93. The van der Waals surface area contributed by atoms with Gasteiger partial charge in [0.15, 0.2) is 0 Å². The Morgan fingerprint density at radius 1 is 0.394 bits per heavy atom. The maximum absolute atomic E-state index is 8.80. The highest BCUT2D eigenvalue weighted by Gasteiger charge is 2.14. The zero-order valence-electron chi connectivity index (χ0n) is 35.2. The van der Waals surface area contributed by atoms with E-state index in [1.165, 1.54) is 38.1 Å². The van der Waals surface area contributed by atoms with Crippen LogP contribution in [0.1, 0.15) is 0 Å². The van der Waals surface area contributed by atoms with Gasteiger partial charge in [-0.05, 0) is 116 Å². The van der Waals surface area contributed by atoms with E-state index in [0.717, 1.165) is 82.8 Å². The quantitative estimate of drug-likeness (QED) is 0.140. The summed E-state index contributed by atoms with van der Waals surface area (Å²) in [6.45, 7) is 0. The Hall–Kier alpha value is -8.04. The molecule has 14 aromatic rings. The molecule has 0 aliphatic carbocycles. The highest BCUT2D eigenvalue weighted by Crippen LogP contribution is 2.39. The van der Waals surface area contributed by atoms with Crippen molar-refractivity contribution < 1.29 is 18.5 Å². The number of nitrogens with zero attached hydrogens (tertiary/aromatic N) is 2. The lowest BCUT2D eigenvalue weighted by Gasteiger charge is -2.11. The van der Waals surface area contributed by atoms with Gasteiger partial charge in [-0.1, -0.05) is 155 Å². The van der Waals surface area contributed by atoms with Crippen molar-refractivity contribution in [2.24, 2.45) is 0 Å². The van der Waals surface area contributed by atoms with Crippen molar-refractivity contribution in [1.82, 2.24) is 9.97 Å². The fourth-order valence-electron chi connectivity index (χ4n) is 9.21. The van der Waals surface area contributed by atoms with Crippen LogP contribution in [-0.2, 0) is 0 Å². The van der Waals surface area contributed by atoms with Crippen molar-refractivity contribution in [2.45, 2.75) is 0 Å². The third kappa shape index (κ3) is 7.04. The zero-order valence-corrected chi connectivity index (χ0v) is 36.7. The summed E-state index contributed by atoms with van der Waals surface area (Å²) in [4.78, 5) is 9.30. The standard InChI is InChI=1S/C29H17NO.C15H8BrNO.C14H10BO2/c1-3-9-21-18(7-1)15-24(23-11-5-4-10-22(21)23)19-13-14-28-25(16-19)26-17-20-8-2-6-12-27(20)30-29(26)31-28;16-10-5-6-14-11(8-10)12-7-9-3-1-2-4-13(9)17-15(12)18-14;16-15-17-14-9-10-5-1-2-6-11(10)12-7-3-4-8-13(12)14/h1-17H;1-8H;1-9,16H. The predicted molar refractivity (Wildman–Crippen MR) is 276 cm³/mol. The SMILES string of the molecule is Brc1ccc2oc3nc4ccccc4cc3c2c1.O[B]Oc1cc2ccccc2c2ccccc12.c1ccc2nc3oc4ccc(-c5cc6ccccc6c6ccccc56)cc4c3cc2c1. The van der Waals surface area contributed by atoms with E-state index in [4.69, 9.17) is 23.5 Å². The van der Waals surface area contributed by atoms with Crippen LogP contribution >= 0.6 is 15.9 Å². The minimum absolute atomic E-state index is 0.668. The Labute approximate surface area is 386 Å². The summed E-state index contributed by atoms with van der Waals surface area (Å²) >= 11 is 3.49.